The molecule has 1 amide bonds. The zero-order chi connectivity index (χ0) is 11.5. The number of aromatic nitrogens is 1. The summed E-state index contributed by atoms with van der Waals surface area (Å²) in [6, 6.07) is 7.54. The van der Waals surface area contributed by atoms with Crippen molar-refractivity contribution in [1.82, 2.24) is 10.3 Å². The van der Waals surface area contributed by atoms with Gasteiger partial charge in [0.15, 0.2) is 0 Å². The first kappa shape index (κ1) is 10.5. The van der Waals surface area contributed by atoms with Crippen molar-refractivity contribution in [3.8, 4) is 0 Å². The third-order valence-electron chi connectivity index (χ3n) is 2.37. The summed E-state index contributed by atoms with van der Waals surface area (Å²) in [5, 5.41) is 3.85. The van der Waals surface area contributed by atoms with E-state index in [9.17, 15) is 4.79 Å². The molecule has 0 fully saturated rings. The summed E-state index contributed by atoms with van der Waals surface area (Å²) in [5.41, 5.74) is 2.65. The molecular formula is C13H14N2O. The lowest BCUT2D eigenvalue weighted by Crippen LogP contribution is -2.24. The standard InChI is InChI=1S/C13H14N2O/c1-9(2)8-15-13(16)11-3-4-12-10(7-11)5-6-14-12/h3-7,14H,1,8H2,2H3,(H,15,16). The van der Waals surface area contributed by atoms with Crippen LogP contribution in [-0.4, -0.2) is 17.4 Å². The Labute approximate surface area is 94.2 Å². The van der Waals surface area contributed by atoms with Crippen LogP contribution < -0.4 is 5.32 Å². The molecule has 1 aromatic carbocycles. The number of carbonyl (C=O) groups excluding carboxylic acids is 1. The number of fused-ring (bicyclic) bond motifs is 1. The quantitative estimate of drug-likeness (QED) is 0.757. The van der Waals surface area contributed by atoms with Gasteiger partial charge in [0.05, 0.1) is 0 Å². The molecule has 0 saturated heterocycles. The van der Waals surface area contributed by atoms with Crippen molar-refractivity contribution < 1.29 is 4.79 Å². The van der Waals surface area contributed by atoms with E-state index in [1.54, 1.807) is 0 Å². The van der Waals surface area contributed by atoms with E-state index in [1.807, 2.05) is 37.4 Å². The molecule has 0 bridgehead atoms. The number of nitrogens with one attached hydrogen (secondary N) is 2. The van der Waals surface area contributed by atoms with Gasteiger partial charge in [-0.1, -0.05) is 12.2 Å². The summed E-state index contributed by atoms with van der Waals surface area (Å²) in [6.07, 6.45) is 1.86. The fourth-order valence-corrected chi connectivity index (χ4v) is 1.53. The summed E-state index contributed by atoms with van der Waals surface area (Å²) in [4.78, 5) is 14.8. The van der Waals surface area contributed by atoms with Gasteiger partial charge in [-0.2, -0.15) is 0 Å². The van der Waals surface area contributed by atoms with Crippen molar-refractivity contribution in [2.45, 2.75) is 6.92 Å². The number of amides is 1. The van der Waals surface area contributed by atoms with E-state index in [-0.39, 0.29) is 5.91 Å². The molecule has 0 saturated carbocycles. The lowest BCUT2D eigenvalue weighted by atomic mass is 10.1. The minimum absolute atomic E-state index is 0.0638. The van der Waals surface area contributed by atoms with Crippen LogP contribution in [0.5, 0.6) is 0 Å². The number of rotatable bonds is 3. The van der Waals surface area contributed by atoms with Crippen molar-refractivity contribution >= 4 is 16.8 Å². The first-order valence-corrected chi connectivity index (χ1v) is 5.16. The lowest BCUT2D eigenvalue weighted by Gasteiger charge is -2.04. The van der Waals surface area contributed by atoms with Gasteiger partial charge in [0.1, 0.15) is 0 Å². The molecule has 82 valence electrons. The van der Waals surface area contributed by atoms with Crippen molar-refractivity contribution in [1.29, 1.82) is 0 Å². The monoisotopic (exact) mass is 214 g/mol. The Morgan fingerprint density at radius 1 is 1.44 bits per heavy atom. The summed E-state index contributed by atoms with van der Waals surface area (Å²) in [5.74, 6) is -0.0638. The average Bonchev–Trinajstić information content (AvgIpc) is 2.72. The normalized spacial score (nSPS) is 10.3. The molecule has 2 aromatic rings. The highest BCUT2D eigenvalue weighted by molar-refractivity contribution is 5.98. The van der Waals surface area contributed by atoms with Gasteiger partial charge in [-0.3, -0.25) is 4.79 Å². The van der Waals surface area contributed by atoms with E-state index in [0.29, 0.717) is 12.1 Å². The summed E-state index contributed by atoms with van der Waals surface area (Å²) in [7, 11) is 0. The smallest absolute Gasteiger partial charge is 0.251 e. The molecule has 0 unspecified atom stereocenters. The fourth-order valence-electron chi connectivity index (χ4n) is 1.53. The molecule has 0 spiro atoms. The van der Waals surface area contributed by atoms with Crippen molar-refractivity contribution in [2.75, 3.05) is 6.54 Å². The van der Waals surface area contributed by atoms with Crippen LogP contribution in [-0.2, 0) is 0 Å². The highest BCUT2D eigenvalue weighted by atomic mass is 16.1. The van der Waals surface area contributed by atoms with Crippen LogP contribution in [0.25, 0.3) is 10.9 Å². The van der Waals surface area contributed by atoms with Gasteiger partial charge in [0.25, 0.3) is 5.91 Å². The van der Waals surface area contributed by atoms with Crippen LogP contribution in [0.15, 0.2) is 42.6 Å². The van der Waals surface area contributed by atoms with Crippen LogP contribution in [0.1, 0.15) is 17.3 Å². The second kappa shape index (κ2) is 4.23. The highest BCUT2D eigenvalue weighted by Crippen LogP contribution is 2.14. The van der Waals surface area contributed by atoms with Crippen LogP contribution in [0.2, 0.25) is 0 Å². The van der Waals surface area contributed by atoms with Crippen molar-refractivity contribution in [3.63, 3.8) is 0 Å². The van der Waals surface area contributed by atoms with Crippen molar-refractivity contribution in [2.24, 2.45) is 0 Å². The minimum Gasteiger partial charge on any atom is -0.361 e. The number of carbonyl (C=O) groups is 1. The Balaban J connectivity index is 2.19. The van der Waals surface area contributed by atoms with E-state index >= 15 is 0 Å². The zero-order valence-corrected chi connectivity index (χ0v) is 9.21. The van der Waals surface area contributed by atoms with Gasteiger partial charge in [0.2, 0.25) is 0 Å². The Morgan fingerprint density at radius 3 is 3.00 bits per heavy atom. The first-order valence-electron chi connectivity index (χ1n) is 5.16. The van der Waals surface area contributed by atoms with Gasteiger partial charge in [-0.05, 0) is 31.2 Å². The second-order valence-corrected chi connectivity index (χ2v) is 3.92. The molecule has 3 nitrogen and oxygen atoms in total. The van der Waals surface area contributed by atoms with Gasteiger partial charge < -0.3 is 10.3 Å². The Bertz CT molecular complexity index is 540. The van der Waals surface area contributed by atoms with Gasteiger partial charge >= 0.3 is 0 Å². The third-order valence-corrected chi connectivity index (χ3v) is 2.37. The Morgan fingerprint density at radius 2 is 2.25 bits per heavy atom. The molecule has 0 aliphatic carbocycles. The van der Waals surface area contributed by atoms with E-state index in [0.717, 1.165) is 16.5 Å². The van der Waals surface area contributed by atoms with Crippen LogP contribution in [0.4, 0.5) is 0 Å². The van der Waals surface area contributed by atoms with E-state index < -0.39 is 0 Å². The summed E-state index contributed by atoms with van der Waals surface area (Å²) < 4.78 is 0. The average molecular weight is 214 g/mol. The first-order chi connectivity index (χ1) is 7.66. The number of H-pyrrole nitrogens is 1. The lowest BCUT2D eigenvalue weighted by molar-refractivity contribution is 0.0957. The molecule has 0 aliphatic rings. The van der Waals surface area contributed by atoms with Gasteiger partial charge in [0, 0.05) is 29.2 Å². The summed E-state index contributed by atoms with van der Waals surface area (Å²) >= 11 is 0. The summed E-state index contributed by atoms with van der Waals surface area (Å²) in [6.45, 7) is 6.15. The van der Waals surface area contributed by atoms with Crippen LogP contribution in [0.3, 0.4) is 0 Å². The van der Waals surface area contributed by atoms with Gasteiger partial charge in [-0.15, -0.1) is 0 Å². The minimum atomic E-state index is -0.0638. The Kier molecular flexibility index (Phi) is 2.77. The van der Waals surface area contributed by atoms with E-state index in [1.165, 1.54) is 0 Å². The molecule has 0 radical (unpaired) electrons. The predicted octanol–water partition coefficient (Wildman–Crippen LogP) is 2.47. The van der Waals surface area contributed by atoms with E-state index in [2.05, 4.69) is 16.9 Å². The number of hydrogen-bond donors (Lipinski definition) is 2. The largest absolute Gasteiger partial charge is 0.361 e. The maximum absolute atomic E-state index is 11.8. The highest BCUT2D eigenvalue weighted by Gasteiger charge is 2.05. The van der Waals surface area contributed by atoms with E-state index in [4.69, 9.17) is 0 Å². The molecule has 3 heteroatoms. The fraction of sp³-hybridized carbons (Fsp3) is 0.154. The molecule has 0 aliphatic heterocycles. The molecule has 2 N–H and O–H groups in total. The topological polar surface area (TPSA) is 44.9 Å². The third kappa shape index (κ3) is 2.14. The predicted molar refractivity (Wildman–Crippen MR) is 65.4 cm³/mol. The Hall–Kier alpha value is -2.03. The molecule has 0 atom stereocenters. The van der Waals surface area contributed by atoms with Gasteiger partial charge in [-0.25, -0.2) is 0 Å². The molecule has 2 rings (SSSR count). The van der Waals surface area contributed by atoms with Crippen LogP contribution in [0, 0.1) is 0 Å². The molecule has 16 heavy (non-hydrogen) atoms. The molecular weight excluding hydrogens is 200 g/mol. The van der Waals surface area contributed by atoms with Crippen LogP contribution >= 0.6 is 0 Å². The number of aromatic amines is 1. The van der Waals surface area contributed by atoms with Crippen molar-refractivity contribution in [3.05, 3.63) is 48.2 Å². The number of hydrogen-bond acceptors (Lipinski definition) is 1. The maximum atomic E-state index is 11.8. The zero-order valence-electron chi connectivity index (χ0n) is 9.21. The SMILES string of the molecule is C=C(C)CNC(=O)c1ccc2[nH]ccc2c1. The molecule has 1 heterocycles. The number of benzene rings is 1. The maximum Gasteiger partial charge on any atom is 0.251 e. The molecule has 1 aromatic heterocycles. The second-order valence-electron chi connectivity index (χ2n) is 3.92.